The fourth-order valence-corrected chi connectivity index (χ4v) is 1.85. The van der Waals surface area contributed by atoms with E-state index in [1.807, 2.05) is 0 Å². The molecule has 1 aliphatic carbocycles. The molecule has 110 valence electrons. The van der Waals surface area contributed by atoms with Crippen LogP contribution < -0.4 is 0 Å². The zero-order valence-electron chi connectivity index (χ0n) is 10.0. The molecule has 0 aliphatic heterocycles. The van der Waals surface area contributed by atoms with Gasteiger partial charge in [-0.25, -0.2) is 9.59 Å². The summed E-state index contributed by atoms with van der Waals surface area (Å²) in [4.78, 5) is 21.2. The van der Waals surface area contributed by atoms with Crippen LogP contribution in [-0.4, -0.2) is 35.0 Å². The van der Waals surface area contributed by atoms with Gasteiger partial charge in [0.15, 0.2) is 0 Å². The lowest BCUT2D eigenvalue weighted by Gasteiger charge is -2.25. The third-order valence-corrected chi connectivity index (χ3v) is 2.88. The standard InChI is InChI=1S/C11H14F4O4/c12-10(13,8(16)17)6-11(14,15)9(18)19-7-4-2-1-3-5-7/h7H,1-6H2,(H,16,17). The first-order valence-corrected chi connectivity index (χ1v) is 5.85. The Morgan fingerprint density at radius 1 is 1.05 bits per heavy atom. The first kappa shape index (κ1) is 15.7. The molecule has 0 aromatic carbocycles. The highest BCUT2D eigenvalue weighted by molar-refractivity contribution is 5.81. The molecule has 1 fully saturated rings. The molecule has 1 saturated carbocycles. The highest BCUT2D eigenvalue weighted by Gasteiger charge is 2.54. The van der Waals surface area contributed by atoms with Gasteiger partial charge in [0, 0.05) is 0 Å². The number of carbonyl (C=O) groups is 2. The number of halogens is 4. The number of carbonyl (C=O) groups excluding carboxylic acids is 1. The van der Waals surface area contributed by atoms with Crippen molar-refractivity contribution in [2.24, 2.45) is 0 Å². The minimum atomic E-state index is -4.67. The Bertz CT molecular complexity index is 351. The molecule has 8 heteroatoms. The fraction of sp³-hybridized carbons (Fsp3) is 0.818. The molecule has 0 spiro atoms. The summed E-state index contributed by atoms with van der Waals surface area (Å²) in [5.74, 6) is -14.0. The summed E-state index contributed by atoms with van der Waals surface area (Å²) in [6.45, 7) is 0. The lowest BCUT2D eigenvalue weighted by atomic mass is 9.98. The molecule has 4 nitrogen and oxygen atoms in total. The van der Waals surface area contributed by atoms with E-state index in [2.05, 4.69) is 4.74 Å². The first-order chi connectivity index (χ1) is 8.65. The molecule has 1 aliphatic rings. The number of aliphatic carboxylic acids is 1. The second-order valence-corrected chi connectivity index (χ2v) is 4.56. The van der Waals surface area contributed by atoms with E-state index in [1.54, 1.807) is 0 Å². The average Bonchev–Trinajstić information content (AvgIpc) is 2.28. The van der Waals surface area contributed by atoms with Crippen LogP contribution in [0.1, 0.15) is 38.5 Å². The van der Waals surface area contributed by atoms with Gasteiger partial charge in [0.25, 0.3) is 0 Å². The lowest BCUT2D eigenvalue weighted by Crippen LogP contribution is -2.42. The molecule has 0 aromatic heterocycles. The predicted octanol–water partition coefficient (Wildman–Crippen LogP) is 2.61. The number of rotatable bonds is 5. The van der Waals surface area contributed by atoms with Crippen molar-refractivity contribution in [2.45, 2.75) is 56.5 Å². The highest BCUT2D eigenvalue weighted by atomic mass is 19.3. The summed E-state index contributed by atoms with van der Waals surface area (Å²) in [5.41, 5.74) is 0. The van der Waals surface area contributed by atoms with Crippen LogP contribution in [-0.2, 0) is 14.3 Å². The van der Waals surface area contributed by atoms with Gasteiger partial charge in [-0.1, -0.05) is 6.42 Å². The van der Waals surface area contributed by atoms with Crippen LogP contribution in [0.15, 0.2) is 0 Å². The van der Waals surface area contributed by atoms with Crippen molar-refractivity contribution in [3.05, 3.63) is 0 Å². The van der Waals surface area contributed by atoms with E-state index in [0.717, 1.165) is 19.3 Å². The number of alkyl halides is 4. The van der Waals surface area contributed by atoms with E-state index >= 15 is 0 Å². The number of carboxylic acids is 1. The van der Waals surface area contributed by atoms with E-state index in [1.165, 1.54) is 0 Å². The van der Waals surface area contributed by atoms with Gasteiger partial charge in [0.05, 0.1) is 6.42 Å². The Morgan fingerprint density at radius 2 is 1.58 bits per heavy atom. The molecule has 1 rings (SSSR count). The fourth-order valence-electron chi connectivity index (χ4n) is 1.85. The Balaban J connectivity index is 2.60. The van der Waals surface area contributed by atoms with E-state index in [9.17, 15) is 27.2 Å². The summed E-state index contributed by atoms with van der Waals surface area (Å²) < 4.78 is 56.3. The van der Waals surface area contributed by atoms with E-state index < -0.39 is 36.3 Å². The number of hydrogen-bond acceptors (Lipinski definition) is 3. The van der Waals surface area contributed by atoms with Crippen molar-refractivity contribution < 1.29 is 37.0 Å². The summed E-state index contributed by atoms with van der Waals surface area (Å²) in [6, 6.07) is 0. The van der Waals surface area contributed by atoms with Crippen molar-refractivity contribution in [3.8, 4) is 0 Å². The topological polar surface area (TPSA) is 63.6 Å². The molecular formula is C11H14F4O4. The van der Waals surface area contributed by atoms with Crippen LogP contribution in [0.2, 0.25) is 0 Å². The van der Waals surface area contributed by atoms with Gasteiger partial charge in [-0.05, 0) is 25.7 Å². The summed E-state index contributed by atoms with van der Waals surface area (Å²) in [6.07, 6.45) is 0.0749. The Labute approximate surface area is 106 Å². The Hall–Kier alpha value is -1.34. The first-order valence-electron chi connectivity index (χ1n) is 5.85. The molecule has 1 N–H and O–H groups in total. The Morgan fingerprint density at radius 3 is 2.05 bits per heavy atom. The summed E-state index contributed by atoms with van der Waals surface area (Å²) >= 11 is 0. The predicted molar refractivity (Wildman–Crippen MR) is 55.1 cm³/mol. The Kier molecular flexibility index (Phi) is 4.75. The second-order valence-electron chi connectivity index (χ2n) is 4.56. The van der Waals surface area contributed by atoms with Crippen LogP contribution in [0, 0.1) is 0 Å². The number of ether oxygens (including phenoxy) is 1. The van der Waals surface area contributed by atoms with E-state index in [0.29, 0.717) is 12.8 Å². The van der Waals surface area contributed by atoms with Crippen molar-refractivity contribution >= 4 is 11.9 Å². The smallest absolute Gasteiger partial charge is 0.377 e. The maximum absolute atomic E-state index is 13.2. The maximum atomic E-state index is 13.2. The molecule has 0 radical (unpaired) electrons. The van der Waals surface area contributed by atoms with Gasteiger partial charge >= 0.3 is 23.8 Å². The van der Waals surface area contributed by atoms with Crippen LogP contribution in [0.5, 0.6) is 0 Å². The van der Waals surface area contributed by atoms with E-state index in [-0.39, 0.29) is 0 Å². The summed E-state index contributed by atoms with van der Waals surface area (Å²) in [5, 5.41) is 8.07. The number of esters is 1. The molecule has 0 saturated heterocycles. The van der Waals surface area contributed by atoms with Gasteiger partial charge in [-0.15, -0.1) is 0 Å². The number of carboxylic acid groups (broad SMARTS) is 1. The zero-order chi connectivity index (χ0) is 14.7. The molecule has 0 atom stereocenters. The SMILES string of the molecule is O=C(O)C(F)(F)CC(F)(F)C(=O)OC1CCCCC1. The molecular weight excluding hydrogens is 272 g/mol. The normalized spacial score (nSPS) is 18.1. The van der Waals surface area contributed by atoms with Crippen molar-refractivity contribution in [1.82, 2.24) is 0 Å². The minimum absolute atomic E-state index is 0.414. The van der Waals surface area contributed by atoms with Gasteiger partial charge in [-0.3, -0.25) is 0 Å². The molecule has 19 heavy (non-hydrogen) atoms. The second kappa shape index (κ2) is 5.75. The monoisotopic (exact) mass is 286 g/mol. The van der Waals surface area contributed by atoms with Gasteiger partial charge in [0.2, 0.25) is 0 Å². The van der Waals surface area contributed by atoms with Crippen molar-refractivity contribution in [2.75, 3.05) is 0 Å². The van der Waals surface area contributed by atoms with E-state index in [4.69, 9.17) is 5.11 Å². The van der Waals surface area contributed by atoms with Gasteiger partial charge in [-0.2, -0.15) is 17.6 Å². The third kappa shape index (κ3) is 4.36. The summed E-state index contributed by atoms with van der Waals surface area (Å²) in [7, 11) is 0. The van der Waals surface area contributed by atoms with Crippen molar-refractivity contribution in [3.63, 3.8) is 0 Å². The lowest BCUT2D eigenvalue weighted by molar-refractivity contribution is -0.197. The molecule has 0 bridgehead atoms. The minimum Gasteiger partial charge on any atom is -0.477 e. The van der Waals surface area contributed by atoms with Crippen LogP contribution in [0.25, 0.3) is 0 Å². The molecule has 0 heterocycles. The zero-order valence-corrected chi connectivity index (χ0v) is 10.0. The van der Waals surface area contributed by atoms with Crippen LogP contribution >= 0.6 is 0 Å². The van der Waals surface area contributed by atoms with Crippen LogP contribution in [0.4, 0.5) is 17.6 Å². The maximum Gasteiger partial charge on any atom is 0.377 e. The van der Waals surface area contributed by atoms with Crippen LogP contribution in [0.3, 0.4) is 0 Å². The molecule has 0 aromatic rings. The highest BCUT2D eigenvalue weighted by Crippen LogP contribution is 2.33. The average molecular weight is 286 g/mol. The molecule has 0 amide bonds. The quantitative estimate of drug-likeness (QED) is 0.623. The third-order valence-electron chi connectivity index (χ3n) is 2.88. The van der Waals surface area contributed by atoms with Crippen molar-refractivity contribution in [1.29, 1.82) is 0 Å². The van der Waals surface area contributed by atoms with Gasteiger partial charge in [0.1, 0.15) is 6.10 Å². The molecule has 0 unspecified atom stereocenters. The number of hydrogen-bond donors (Lipinski definition) is 1. The van der Waals surface area contributed by atoms with Gasteiger partial charge < -0.3 is 9.84 Å². The largest absolute Gasteiger partial charge is 0.477 e.